The fraction of sp³-hybridized carbons (Fsp3) is 0.400. The van der Waals surface area contributed by atoms with Gasteiger partial charge in [-0.25, -0.2) is 8.42 Å². The van der Waals surface area contributed by atoms with E-state index >= 15 is 0 Å². The number of hydrogen-bond donors (Lipinski definition) is 1. The first-order valence-electron chi connectivity index (χ1n) is 9.28. The van der Waals surface area contributed by atoms with Gasteiger partial charge in [0.15, 0.2) is 0 Å². The molecule has 1 N–H and O–H groups in total. The van der Waals surface area contributed by atoms with E-state index < -0.39 is 16.6 Å². The topological polar surface area (TPSA) is 61.9 Å². The Hall–Kier alpha value is -2.10. The van der Waals surface area contributed by atoms with Crippen LogP contribution in [0.1, 0.15) is 11.1 Å². The summed E-state index contributed by atoms with van der Waals surface area (Å²) in [5, 5.41) is 0. The van der Waals surface area contributed by atoms with Crippen LogP contribution in [0.2, 0.25) is 0 Å². The highest BCUT2D eigenvalue weighted by molar-refractivity contribution is 7.92. The van der Waals surface area contributed by atoms with Gasteiger partial charge in [-0.05, 0) is 56.3 Å². The fourth-order valence-corrected chi connectivity index (χ4v) is 4.35. The Morgan fingerprint density at radius 3 is 2.33 bits per heavy atom. The van der Waals surface area contributed by atoms with Crippen molar-refractivity contribution in [2.24, 2.45) is 0 Å². The number of benzene rings is 2. The van der Waals surface area contributed by atoms with Gasteiger partial charge >= 0.3 is 6.61 Å². The number of ether oxygens (including phenoxy) is 1. The van der Waals surface area contributed by atoms with E-state index in [-0.39, 0.29) is 28.7 Å². The maximum Gasteiger partial charge on any atom is 0.387 e. The van der Waals surface area contributed by atoms with Crippen molar-refractivity contribution in [2.45, 2.75) is 25.4 Å². The summed E-state index contributed by atoms with van der Waals surface area (Å²) in [6.45, 7) is 4.02. The minimum absolute atomic E-state index is 0. The Morgan fingerprint density at radius 1 is 1.03 bits per heavy atom. The van der Waals surface area contributed by atoms with E-state index in [2.05, 4.69) is 26.3 Å². The predicted octanol–water partition coefficient (Wildman–Crippen LogP) is 3.88. The predicted molar refractivity (Wildman–Crippen MR) is 117 cm³/mol. The van der Waals surface area contributed by atoms with Gasteiger partial charge in [0.2, 0.25) is 0 Å². The minimum atomic E-state index is -3.99. The third kappa shape index (κ3) is 5.74. The summed E-state index contributed by atoms with van der Waals surface area (Å²) in [5.74, 6) is -0.222. The van der Waals surface area contributed by atoms with Gasteiger partial charge in [0.1, 0.15) is 5.75 Å². The summed E-state index contributed by atoms with van der Waals surface area (Å²) < 4.78 is 58.1. The van der Waals surface area contributed by atoms with Gasteiger partial charge in [0.25, 0.3) is 10.0 Å². The molecule has 1 fully saturated rings. The van der Waals surface area contributed by atoms with Gasteiger partial charge in [-0.15, -0.1) is 12.4 Å². The van der Waals surface area contributed by atoms with Crippen LogP contribution >= 0.6 is 12.4 Å². The molecule has 30 heavy (non-hydrogen) atoms. The van der Waals surface area contributed by atoms with Crippen LogP contribution < -0.4 is 14.4 Å². The fourth-order valence-electron chi connectivity index (χ4n) is 3.27. The summed E-state index contributed by atoms with van der Waals surface area (Å²) in [5.41, 5.74) is 2.53. The van der Waals surface area contributed by atoms with Crippen molar-refractivity contribution < 1.29 is 21.9 Å². The molecule has 0 radical (unpaired) electrons. The third-order valence-electron chi connectivity index (χ3n) is 4.93. The molecule has 0 bridgehead atoms. The lowest BCUT2D eigenvalue weighted by Gasteiger charge is -2.35. The van der Waals surface area contributed by atoms with Crippen LogP contribution in [-0.4, -0.2) is 53.2 Å². The number of nitrogens with zero attached hydrogens (tertiary/aromatic N) is 2. The number of alkyl halides is 2. The molecule has 0 atom stereocenters. The molecule has 1 aliphatic heterocycles. The number of sulfonamides is 1. The first kappa shape index (κ1) is 24.2. The van der Waals surface area contributed by atoms with Crippen LogP contribution in [-0.2, 0) is 10.0 Å². The second kappa shape index (κ2) is 9.80. The standard InChI is InChI=1S/C20H25F2N3O3S.ClH/c1-14-4-7-19(28-20(21)22)17(12-14)23-29(26,27)16-6-5-15(2)18(13-16)25-10-8-24(3)9-11-25;/h4-7,12-13,20,23H,8-11H2,1-3H3;1H. The Labute approximate surface area is 182 Å². The summed E-state index contributed by atoms with van der Waals surface area (Å²) in [4.78, 5) is 4.45. The largest absolute Gasteiger partial charge is 0.433 e. The molecule has 6 nitrogen and oxygen atoms in total. The lowest BCUT2D eigenvalue weighted by atomic mass is 10.1. The molecular weight excluding hydrogens is 436 g/mol. The van der Waals surface area contributed by atoms with Crippen LogP contribution in [0, 0.1) is 13.8 Å². The van der Waals surface area contributed by atoms with Crippen molar-refractivity contribution in [3.63, 3.8) is 0 Å². The number of halogens is 3. The van der Waals surface area contributed by atoms with E-state index in [1.54, 1.807) is 25.1 Å². The van der Waals surface area contributed by atoms with Crippen molar-refractivity contribution in [3.05, 3.63) is 47.5 Å². The van der Waals surface area contributed by atoms with Gasteiger partial charge in [-0.2, -0.15) is 8.78 Å². The maximum absolute atomic E-state index is 13.0. The molecule has 1 saturated heterocycles. The summed E-state index contributed by atoms with van der Waals surface area (Å²) in [7, 11) is -1.94. The zero-order valence-corrected chi connectivity index (χ0v) is 18.7. The van der Waals surface area contributed by atoms with Crippen molar-refractivity contribution in [2.75, 3.05) is 42.8 Å². The van der Waals surface area contributed by atoms with E-state index in [9.17, 15) is 17.2 Å². The third-order valence-corrected chi connectivity index (χ3v) is 6.29. The summed E-state index contributed by atoms with van der Waals surface area (Å²) >= 11 is 0. The SMILES string of the molecule is Cc1ccc(OC(F)F)c(NS(=O)(=O)c2ccc(C)c(N3CCN(C)CC3)c2)c1.Cl. The quantitative estimate of drug-likeness (QED) is 0.707. The molecule has 1 heterocycles. The van der Waals surface area contributed by atoms with Crippen molar-refractivity contribution >= 4 is 33.8 Å². The lowest BCUT2D eigenvalue weighted by molar-refractivity contribution is -0.0493. The van der Waals surface area contributed by atoms with Crippen LogP contribution in [0.5, 0.6) is 5.75 Å². The number of anilines is 2. The van der Waals surface area contributed by atoms with E-state index in [1.807, 2.05) is 6.92 Å². The molecule has 0 spiro atoms. The van der Waals surface area contributed by atoms with Gasteiger partial charge in [-0.3, -0.25) is 4.72 Å². The maximum atomic E-state index is 13.0. The van der Waals surface area contributed by atoms with E-state index in [0.29, 0.717) is 5.56 Å². The molecule has 1 aliphatic rings. The highest BCUT2D eigenvalue weighted by Gasteiger charge is 2.22. The smallest absolute Gasteiger partial charge is 0.387 e. The molecule has 0 unspecified atom stereocenters. The summed E-state index contributed by atoms with van der Waals surface area (Å²) in [6, 6.07) is 9.27. The second-order valence-corrected chi connectivity index (χ2v) is 8.90. The molecule has 2 aromatic carbocycles. The lowest BCUT2D eigenvalue weighted by Crippen LogP contribution is -2.44. The highest BCUT2D eigenvalue weighted by atomic mass is 35.5. The molecule has 10 heteroatoms. The Morgan fingerprint density at radius 2 is 1.70 bits per heavy atom. The number of nitrogens with one attached hydrogen (secondary N) is 1. The van der Waals surface area contributed by atoms with Gasteiger partial charge < -0.3 is 14.5 Å². The number of aryl methyl sites for hydroxylation is 2. The first-order valence-corrected chi connectivity index (χ1v) is 10.8. The zero-order chi connectivity index (χ0) is 21.2. The molecule has 166 valence electrons. The molecule has 0 amide bonds. The number of likely N-dealkylation sites (N-methyl/N-ethyl adjacent to an activating group) is 1. The number of rotatable bonds is 6. The Kier molecular flexibility index (Phi) is 7.90. The Bertz CT molecular complexity index is 981. The van der Waals surface area contributed by atoms with E-state index in [1.165, 1.54) is 18.2 Å². The van der Waals surface area contributed by atoms with Crippen LogP contribution in [0.25, 0.3) is 0 Å². The number of hydrogen-bond acceptors (Lipinski definition) is 5. The van der Waals surface area contributed by atoms with Gasteiger partial charge in [0, 0.05) is 31.9 Å². The van der Waals surface area contributed by atoms with Crippen LogP contribution in [0.4, 0.5) is 20.2 Å². The van der Waals surface area contributed by atoms with Gasteiger partial charge in [-0.1, -0.05) is 12.1 Å². The molecule has 3 rings (SSSR count). The van der Waals surface area contributed by atoms with Gasteiger partial charge in [0.05, 0.1) is 10.6 Å². The van der Waals surface area contributed by atoms with Crippen molar-refractivity contribution in [3.8, 4) is 5.75 Å². The first-order chi connectivity index (χ1) is 13.7. The van der Waals surface area contributed by atoms with Crippen molar-refractivity contribution in [1.82, 2.24) is 4.90 Å². The molecule has 0 aliphatic carbocycles. The van der Waals surface area contributed by atoms with E-state index in [0.717, 1.165) is 37.4 Å². The molecule has 2 aromatic rings. The zero-order valence-electron chi connectivity index (χ0n) is 17.1. The van der Waals surface area contributed by atoms with Crippen LogP contribution in [0.3, 0.4) is 0 Å². The average Bonchev–Trinajstić information content (AvgIpc) is 2.64. The molecular formula is C20H26ClF2N3O3S. The van der Waals surface area contributed by atoms with Crippen LogP contribution in [0.15, 0.2) is 41.3 Å². The highest BCUT2D eigenvalue weighted by Crippen LogP contribution is 2.31. The van der Waals surface area contributed by atoms with E-state index in [4.69, 9.17) is 0 Å². The normalized spacial score (nSPS) is 15.1. The van der Waals surface area contributed by atoms with Crippen molar-refractivity contribution in [1.29, 1.82) is 0 Å². The second-order valence-electron chi connectivity index (χ2n) is 7.22. The number of piperazine rings is 1. The monoisotopic (exact) mass is 461 g/mol. The average molecular weight is 462 g/mol. The molecule has 0 saturated carbocycles. The Balaban J connectivity index is 0.00000320. The summed E-state index contributed by atoms with van der Waals surface area (Å²) in [6.07, 6.45) is 0. The minimum Gasteiger partial charge on any atom is -0.433 e. The molecule has 0 aromatic heterocycles.